The van der Waals surface area contributed by atoms with E-state index in [1.54, 1.807) is 0 Å². The van der Waals surface area contributed by atoms with E-state index in [-0.39, 0.29) is 0 Å². The Bertz CT molecular complexity index is 339. The maximum Gasteiger partial charge on any atom is 0.225 e. The first-order chi connectivity index (χ1) is 7.72. The van der Waals surface area contributed by atoms with Crippen LogP contribution < -0.4 is 4.90 Å². The zero-order valence-corrected chi connectivity index (χ0v) is 11.4. The van der Waals surface area contributed by atoms with Crippen molar-refractivity contribution in [2.45, 2.75) is 38.1 Å². The van der Waals surface area contributed by atoms with Crippen LogP contribution in [-0.4, -0.2) is 22.6 Å². The van der Waals surface area contributed by atoms with Crippen molar-refractivity contribution in [3.05, 3.63) is 18.0 Å². The smallest absolute Gasteiger partial charge is 0.225 e. The van der Waals surface area contributed by atoms with Crippen molar-refractivity contribution in [2.75, 3.05) is 11.4 Å². The molecule has 0 N–H and O–H groups in total. The molecule has 2 rings (SSSR count). The van der Waals surface area contributed by atoms with E-state index in [0.717, 1.165) is 29.3 Å². The first-order valence-electron chi connectivity index (χ1n) is 5.86. The molecule has 2 atom stereocenters. The standard InChI is InChI=1S/C12H18BrN3/c1-9-4-3-5-16(10(9)2)12-14-7-11(6-13)8-15-12/h7-10H,3-6H2,1-2H3. The third kappa shape index (κ3) is 2.37. The minimum atomic E-state index is 0.545. The van der Waals surface area contributed by atoms with E-state index in [1.807, 2.05) is 12.4 Å². The highest BCUT2D eigenvalue weighted by molar-refractivity contribution is 9.08. The molecule has 16 heavy (non-hydrogen) atoms. The molecule has 3 nitrogen and oxygen atoms in total. The first-order valence-corrected chi connectivity index (χ1v) is 6.98. The summed E-state index contributed by atoms with van der Waals surface area (Å²) in [4.78, 5) is 11.2. The maximum atomic E-state index is 4.44. The molecule has 0 radical (unpaired) electrons. The molecule has 0 aliphatic carbocycles. The zero-order chi connectivity index (χ0) is 11.5. The van der Waals surface area contributed by atoms with Crippen molar-refractivity contribution in [3.8, 4) is 0 Å². The Morgan fingerprint density at radius 3 is 2.69 bits per heavy atom. The third-order valence-corrected chi connectivity index (χ3v) is 4.12. The van der Waals surface area contributed by atoms with Crippen LogP contribution >= 0.6 is 15.9 Å². The number of piperidine rings is 1. The number of rotatable bonds is 2. The van der Waals surface area contributed by atoms with Gasteiger partial charge in [0.05, 0.1) is 0 Å². The molecule has 0 bridgehead atoms. The van der Waals surface area contributed by atoms with E-state index in [2.05, 4.69) is 44.6 Å². The first kappa shape index (κ1) is 11.8. The van der Waals surface area contributed by atoms with E-state index in [4.69, 9.17) is 0 Å². The van der Waals surface area contributed by atoms with Gasteiger partial charge in [-0.05, 0) is 31.2 Å². The lowest BCUT2D eigenvalue weighted by atomic mass is 9.92. The molecule has 1 saturated heterocycles. The number of hydrogen-bond acceptors (Lipinski definition) is 3. The van der Waals surface area contributed by atoms with E-state index < -0.39 is 0 Å². The van der Waals surface area contributed by atoms with Crippen LogP contribution in [0.15, 0.2) is 12.4 Å². The van der Waals surface area contributed by atoms with Crippen molar-refractivity contribution in [1.82, 2.24) is 9.97 Å². The molecular weight excluding hydrogens is 266 g/mol. The molecule has 1 aliphatic heterocycles. The van der Waals surface area contributed by atoms with Crippen LogP contribution in [0.4, 0.5) is 5.95 Å². The topological polar surface area (TPSA) is 29.0 Å². The van der Waals surface area contributed by atoms with Gasteiger partial charge in [-0.15, -0.1) is 0 Å². The van der Waals surface area contributed by atoms with E-state index in [0.29, 0.717) is 6.04 Å². The molecule has 2 unspecified atom stereocenters. The Balaban J connectivity index is 2.15. The third-order valence-electron chi connectivity index (χ3n) is 3.48. The van der Waals surface area contributed by atoms with Gasteiger partial charge in [-0.2, -0.15) is 0 Å². The zero-order valence-electron chi connectivity index (χ0n) is 9.86. The normalized spacial score (nSPS) is 25.8. The molecule has 1 fully saturated rings. The second-order valence-corrected chi connectivity index (χ2v) is 5.14. The Morgan fingerprint density at radius 1 is 1.38 bits per heavy atom. The summed E-state index contributed by atoms with van der Waals surface area (Å²) in [5.41, 5.74) is 1.13. The van der Waals surface area contributed by atoms with Crippen molar-refractivity contribution in [1.29, 1.82) is 0 Å². The van der Waals surface area contributed by atoms with E-state index in [9.17, 15) is 0 Å². The Labute approximate surface area is 105 Å². The lowest BCUT2D eigenvalue weighted by molar-refractivity contribution is 0.359. The highest BCUT2D eigenvalue weighted by atomic mass is 79.9. The molecule has 1 aromatic rings. The fraction of sp³-hybridized carbons (Fsp3) is 0.667. The van der Waals surface area contributed by atoms with Crippen molar-refractivity contribution in [3.63, 3.8) is 0 Å². The number of hydrogen-bond donors (Lipinski definition) is 0. The van der Waals surface area contributed by atoms with Gasteiger partial charge in [0.15, 0.2) is 0 Å². The van der Waals surface area contributed by atoms with E-state index in [1.165, 1.54) is 12.8 Å². The lowest BCUT2D eigenvalue weighted by Gasteiger charge is -2.37. The van der Waals surface area contributed by atoms with Gasteiger partial charge in [-0.3, -0.25) is 0 Å². The summed E-state index contributed by atoms with van der Waals surface area (Å²) in [7, 11) is 0. The van der Waals surface area contributed by atoms with Crippen molar-refractivity contribution >= 4 is 21.9 Å². The fourth-order valence-electron chi connectivity index (χ4n) is 2.18. The Morgan fingerprint density at radius 2 is 2.06 bits per heavy atom. The Kier molecular flexibility index (Phi) is 3.79. The van der Waals surface area contributed by atoms with Crippen LogP contribution in [0.5, 0.6) is 0 Å². The SMILES string of the molecule is CC1CCCN(c2ncc(CBr)cn2)C1C. The Hall–Kier alpha value is -0.640. The van der Waals surface area contributed by atoms with Gasteiger partial charge in [0.2, 0.25) is 5.95 Å². The van der Waals surface area contributed by atoms with Crippen LogP contribution in [0, 0.1) is 5.92 Å². The molecule has 88 valence electrons. The monoisotopic (exact) mass is 283 g/mol. The van der Waals surface area contributed by atoms with Crippen LogP contribution in [0.25, 0.3) is 0 Å². The molecule has 1 aliphatic rings. The van der Waals surface area contributed by atoms with Crippen LogP contribution in [0.3, 0.4) is 0 Å². The van der Waals surface area contributed by atoms with E-state index >= 15 is 0 Å². The summed E-state index contributed by atoms with van der Waals surface area (Å²) >= 11 is 3.41. The van der Waals surface area contributed by atoms with Gasteiger partial charge in [0, 0.05) is 30.3 Å². The van der Waals surface area contributed by atoms with Crippen molar-refractivity contribution in [2.24, 2.45) is 5.92 Å². The number of halogens is 1. The van der Waals surface area contributed by atoms with Crippen LogP contribution in [0.2, 0.25) is 0 Å². The average molecular weight is 284 g/mol. The lowest BCUT2D eigenvalue weighted by Crippen LogP contribution is -2.43. The minimum absolute atomic E-state index is 0.545. The highest BCUT2D eigenvalue weighted by Gasteiger charge is 2.26. The summed E-state index contributed by atoms with van der Waals surface area (Å²) in [5.74, 6) is 1.61. The largest absolute Gasteiger partial charge is 0.338 e. The summed E-state index contributed by atoms with van der Waals surface area (Å²) in [6.07, 6.45) is 6.37. The maximum absolute atomic E-state index is 4.44. The molecular formula is C12H18BrN3. The second-order valence-electron chi connectivity index (χ2n) is 4.58. The van der Waals surface area contributed by atoms with Gasteiger partial charge in [0.25, 0.3) is 0 Å². The van der Waals surface area contributed by atoms with Gasteiger partial charge in [-0.25, -0.2) is 9.97 Å². The van der Waals surface area contributed by atoms with Crippen LogP contribution in [-0.2, 0) is 5.33 Å². The predicted octanol–water partition coefficient (Wildman–Crippen LogP) is 3.00. The molecule has 0 aromatic carbocycles. The quantitative estimate of drug-likeness (QED) is 0.782. The molecule has 1 aromatic heterocycles. The summed E-state index contributed by atoms with van der Waals surface area (Å²) in [6.45, 7) is 5.66. The number of aromatic nitrogens is 2. The van der Waals surface area contributed by atoms with Crippen LogP contribution in [0.1, 0.15) is 32.3 Å². The van der Waals surface area contributed by atoms with Crippen molar-refractivity contribution < 1.29 is 0 Å². The summed E-state index contributed by atoms with van der Waals surface area (Å²) in [5, 5.41) is 0.819. The van der Waals surface area contributed by atoms with Gasteiger partial charge >= 0.3 is 0 Å². The number of alkyl halides is 1. The molecule has 0 amide bonds. The van der Waals surface area contributed by atoms with Gasteiger partial charge in [0.1, 0.15) is 0 Å². The average Bonchev–Trinajstić information content (AvgIpc) is 2.33. The molecule has 4 heteroatoms. The summed E-state index contributed by atoms with van der Waals surface area (Å²) < 4.78 is 0. The number of nitrogens with zero attached hydrogens (tertiary/aromatic N) is 3. The number of anilines is 1. The predicted molar refractivity (Wildman–Crippen MR) is 69.9 cm³/mol. The fourth-order valence-corrected chi connectivity index (χ4v) is 2.47. The minimum Gasteiger partial charge on any atom is -0.338 e. The van der Waals surface area contributed by atoms with Gasteiger partial charge in [-0.1, -0.05) is 22.9 Å². The molecule has 0 saturated carbocycles. The molecule has 0 spiro atoms. The molecule has 2 heterocycles. The summed E-state index contributed by atoms with van der Waals surface area (Å²) in [6, 6.07) is 0.545. The van der Waals surface area contributed by atoms with Gasteiger partial charge < -0.3 is 4.90 Å². The highest BCUT2D eigenvalue weighted by Crippen LogP contribution is 2.25. The second kappa shape index (κ2) is 5.13.